The van der Waals surface area contributed by atoms with E-state index in [-0.39, 0.29) is 11.5 Å². The van der Waals surface area contributed by atoms with E-state index in [1.165, 1.54) is 0 Å². The van der Waals surface area contributed by atoms with Gasteiger partial charge in [-0.05, 0) is 37.0 Å². The van der Waals surface area contributed by atoms with Crippen LogP contribution in [0.5, 0.6) is 0 Å². The molecule has 1 aliphatic carbocycles. The van der Waals surface area contributed by atoms with Gasteiger partial charge in [0.2, 0.25) is 0 Å². The van der Waals surface area contributed by atoms with E-state index >= 15 is 0 Å². The summed E-state index contributed by atoms with van der Waals surface area (Å²) in [5, 5.41) is 0. The maximum atomic E-state index is 11.8. The van der Waals surface area contributed by atoms with Gasteiger partial charge in [-0.25, -0.2) is 0 Å². The molecule has 2 N–H and O–H groups in total. The molecule has 90 valence electrons. The minimum Gasteiger partial charge on any atom is -0.361 e. The van der Waals surface area contributed by atoms with Crippen molar-refractivity contribution in [3.63, 3.8) is 0 Å². The smallest absolute Gasteiger partial charge is 0.311 e. The summed E-state index contributed by atoms with van der Waals surface area (Å²) in [4.78, 5) is 24.5. The molecule has 0 aromatic heterocycles. The van der Waals surface area contributed by atoms with Crippen molar-refractivity contribution in [2.45, 2.75) is 45.6 Å². The molecule has 2 rings (SSSR count). The molecule has 2 aliphatic rings. The third-order valence-corrected chi connectivity index (χ3v) is 4.13. The first-order chi connectivity index (χ1) is 7.44. The number of nitrogens with zero attached hydrogens (tertiary/aromatic N) is 1. The van der Waals surface area contributed by atoms with Gasteiger partial charge >= 0.3 is 11.8 Å². The Morgan fingerprint density at radius 1 is 1.31 bits per heavy atom. The van der Waals surface area contributed by atoms with Gasteiger partial charge < -0.3 is 10.6 Å². The van der Waals surface area contributed by atoms with E-state index in [9.17, 15) is 9.59 Å². The van der Waals surface area contributed by atoms with Crippen LogP contribution < -0.4 is 5.73 Å². The Morgan fingerprint density at radius 3 is 2.44 bits per heavy atom. The fourth-order valence-corrected chi connectivity index (χ4v) is 2.77. The highest BCUT2D eigenvalue weighted by atomic mass is 16.2. The number of amides is 2. The lowest BCUT2D eigenvalue weighted by Crippen LogP contribution is -2.53. The van der Waals surface area contributed by atoms with E-state index in [1.807, 2.05) is 0 Å². The van der Waals surface area contributed by atoms with Crippen LogP contribution in [0.1, 0.15) is 39.5 Å². The molecule has 0 aromatic carbocycles. The van der Waals surface area contributed by atoms with E-state index in [2.05, 4.69) is 13.8 Å². The second-order valence-electron chi connectivity index (χ2n) is 5.67. The maximum absolute atomic E-state index is 11.8. The molecule has 1 heterocycles. The van der Waals surface area contributed by atoms with Crippen LogP contribution in [-0.2, 0) is 9.59 Å². The summed E-state index contributed by atoms with van der Waals surface area (Å²) in [5.74, 6) is -0.838. The fraction of sp³-hybridized carbons (Fsp3) is 0.833. The number of primary amides is 1. The van der Waals surface area contributed by atoms with Crippen LogP contribution in [0.15, 0.2) is 0 Å². The Bertz CT molecular complexity index is 323. The summed E-state index contributed by atoms with van der Waals surface area (Å²) in [6.07, 6.45) is 4.47. The van der Waals surface area contributed by atoms with Crippen molar-refractivity contribution in [2.75, 3.05) is 6.54 Å². The van der Waals surface area contributed by atoms with Gasteiger partial charge in [-0.1, -0.05) is 13.8 Å². The molecule has 1 saturated carbocycles. The monoisotopic (exact) mass is 224 g/mol. The Balaban J connectivity index is 2.15. The lowest BCUT2D eigenvalue weighted by Gasteiger charge is -2.41. The van der Waals surface area contributed by atoms with Crippen molar-refractivity contribution in [2.24, 2.45) is 17.1 Å². The van der Waals surface area contributed by atoms with Gasteiger partial charge in [0.1, 0.15) is 0 Å². The van der Waals surface area contributed by atoms with E-state index in [1.54, 1.807) is 4.90 Å². The summed E-state index contributed by atoms with van der Waals surface area (Å²) < 4.78 is 0. The fourth-order valence-electron chi connectivity index (χ4n) is 2.77. The van der Waals surface area contributed by atoms with Crippen LogP contribution in [0, 0.1) is 11.3 Å². The van der Waals surface area contributed by atoms with Crippen molar-refractivity contribution in [1.29, 1.82) is 0 Å². The first kappa shape index (κ1) is 11.4. The molecule has 1 aliphatic heterocycles. The van der Waals surface area contributed by atoms with Gasteiger partial charge in [-0.2, -0.15) is 0 Å². The van der Waals surface area contributed by atoms with Gasteiger partial charge in [0.25, 0.3) is 0 Å². The second kappa shape index (κ2) is 3.75. The molecule has 2 atom stereocenters. The molecule has 4 heteroatoms. The van der Waals surface area contributed by atoms with Crippen molar-refractivity contribution < 1.29 is 9.59 Å². The van der Waals surface area contributed by atoms with Crippen LogP contribution >= 0.6 is 0 Å². The van der Waals surface area contributed by atoms with Gasteiger partial charge in [0.15, 0.2) is 0 Å². The Labute approximate surface area is 96.2 Å². The van der Waals surface area contributed by atoms with Crippen LogP contribution in [0.4, 0.5) is 0 Å². The molecule has 2 amide bonds. The molecular weight excluding hydrogens is 204 g/mol. The second-order valence-corrected chi connectivity index (χ2v) is 5.67. The Kier molecular flexibility index (Phi) is 2.68. The van der Waals surface area contributed by atoms with Crippen molar-refractivity contribution in [1.82, 2.24) is 4.90 Å². The SMILES string of the molecule is CC1CCC(C2(C)CC2)N(C(=O)C(N)=O)C1. The summed E-state index contributed by atoms with van der Waals surface area (Å²) in [7, 11) is 0. The third-order valence-electron chi connectivity index (χ3n) is 4.13. The average Bonchev–Trinajstić information content (AvgIpc) is 2.96. The zero-order chi connectivity index (χ0) is 11.9. The Morgan fingerprint density at radius 2 is 1.94 bits per heavy atom. The largest absolute Gasteiger partial charge is 0.361 e. The minimum absolute atomic E-state index is 0.226. The first-order valence-corrected chi connectivity index (χ1v) is 6.04. The van der Waals surface area contributed by atoms with Crippen LogP contribution in [-0.4, -0.2) is 29.3 Å². The molecule has 4 nitrogen and oxygen atoms in total. The van der Waals surface area contributed by atoms with Gasteiger partial charge in [0, 0.05) is 12.6 Å². The summed E-state index contributed by atoms with van der Waals surface area (Å²) in [6.45, 7) is 5.00. The molecule has 0 aromatic rings. The molecule has 16 heavy (non-hydrogen) atoms. The lowest BCUT2D eigenvalue weighted by molar-refractivity contribution is -0.148. The standard InChI is InChI=1S/C12H20N2O2/c1-8-3-4-9(12(2)5-6-12)14(7-8)11(16)10(13)15/h8-9H,3-7H2,1-2H3,(H2,13,15). The van der Waals surface area contributed by atoms with Gasteiger partial charge in [-0.15, -0.1) is 0 Å². The third kappa shape index (κ3) is 1.93. The van der Waals surface area contributed by atoms with Crippen LogP contribution in [0.25, 0.3) is 0 Å². The van der Waals surface area contributed by atoms with Gasteiger partial charge in [0.05, 0.1) is 0 Å². The molecule has 0 spiro atoms. The zero-order valence-electron chi connectivity index (χ0n) is 10.0. The average molecular weight is 224 g/mol. The first-order valence-electron chi connectivity index (χ1n) is 6.04. The molecule has 1 saturated heterocycles. The predicted molar refractivity (Wildman–Crippen MR) is 60.4 cm³/mol. The Hall–Kier alpha value is -1.06. The van der Waals surface area contributed by atoms with E-state index < -0.39 is 11.8 Å². The summed E-state index contributed by atoms with van der Waals surface area (Å²) in [5.41, 5.74) is 5.35. The van der Waals surface area contributed by atoms with Gasteiger partial charge in [-0.3, -0.25) is 9.59 Å². The number of piperidine rings is 1. The number of hydrogen-bond acceptors (Lipinski definition) is 2. The molecular formula is C12H20N2O2. The van der Waals surface area contributed by atoms with Crippen molar-refractivity contribution in [3.05, 3.63) is 0 Å². The molecule has 0 radical (unpaired) electrons. The topological polar surface area (TPSA) is 63.4 Å². The molecule has 2 fully saturated rings. The molecule has 2 unspecified atom stereocenters. The predicted octanol–water partition coefficient (Wildman–Crippen LogP) is 0.899. The highest BCUT2D eigenvalue weighted by Gasteiger charge is 2.50. The lowest BCUT2D eigenvalue weighted by atomic mass is 9.85. The highest BCUT2D eigenvalue weighted by molar-refractivity contribution is 6.34. The zero-order valence-corrected chi connectivity index (χ0v) is 10.0. The van der Waals surface area contributed by atoms with Crippen molar-refractivity contribution in [3.8, 4) is 0 Å². The summed E-state index contributed by atoms with van der Waals surface area (Å²) >= 11 is 0. The van der Waals surface area contributed by atoms with Crippen LogP contribution in [0.3, 0.4) is 0 Å². The number of carbonyl (C=O) groups is 2. The van der Waals surface area contributed by atoms with Crippen LogP contribution in [0.2, 0.25) is 0 Å². The van der Waals surface area contributed by atoms with E-state index in [4.69, 9.17) is 5.73 Å². The quantitative estimate of drug-likeness (QED) is 0.672. The normalized spacial score (nSPS) is 32.2. The minimum atomic E-state index is -0.816. The number of likely N-dealkylation sites (tertiary alicyclic amines) is 1. The van der Waals surface area contributed by atoms with E-state index in [0.29, 0.717) is 12.5 Å². The number of hydrogen-bond donors (Lipinski definition) is 1. The van der Waals surface area contributed by atoms with E-state index in [0.717, 1.165) is 25.7 Å². The molecule has 0 bridgehead atoms. The number of carbonyl (C=O) groups excluding carboxylic acids is 2. The highest BCUT2D eigenvalue weighted by Crippen LogP contribution is 2.52. The van der Waals surface area contributed by atoms with Crippen molar-refractivity contribution >= 4 is 11.8 Å². The maximum Gasteiger partial charge on any atom is 0.311 e. The summed E-state index contributed by atoms with van der Waals surface area (Å²) in [6, 6.07) is 0.226. The number of rotatable bonds is 1. The number of nitrogens with two attached hydrogens (primary N) is 1.